The lowest BCUT2D eigenvalue weighted by molar-refractivity contribution is -0.113. The summed E-state index contributed by atoms with van der Waals surface area (Å²) in [5.74, 6) is 1.06. The summed E-state index contributed by atoms with van der Waals surface area (Å²) in [5, 5.41) is 0. The maximum absolute atomic E-state index is 13.1. The van der Waals surface area contributed by atoms with E-state index >= 15 is 0 Å². The molecule has 4 nitrogen and oxygen atoms in total. The third kappa shape index (κ3) is 2.97. The topological polar surface area (TPSA) is 45.8 Å². The summed E-state index contributed by atoms with van der Waals surface area (Å²) in [6.07, 6.45) is 3.25. The highest BCUT2D eigenvalue weighted by Gasteiger charge is 2.32. The summed E-state index contributed by atoms with van der Waals surface area (Å²) in [5.41, 5.74) is 4.35. The van der Waals surface area contributed by atoms with Gasteiger partial charge in [-0.3, -0.25) is 9.69 Å². The lowest BCUT2D eigenvalue weighted by Crippen LogP contribution is -2.32. The van der Waals surface area contributed by atoms with E-state index in [1.54, 1.807) is 29.4 Å². The molecule has 2 heterocycles. The fourth-order valence-corrected chi connectivity index (χ4v) is 2.85. The minimum Gasteiger partial charge on any atom is -0.465 e. The molecule has 0 aliphatic carbocycles. The number of furan rings is 1. The number of hydrogen-bond acceptors (Lipinski definition) is 3. The summed E-state index contributed by atoms with van der Waals surface area (Å²) in [4.78, 5) is 19.3. The van der Waals surface area contributed by atoms with Crippen molar-refractivity contribution < 1.29 is 9.21 Å². The van der Waals surface area contributed by atoms with Crippen LogP contribution in [0.3, 0.4) is 0 Å². The molecule has 1 aromatic heterocycles. The Kier molecular flexibility index (Phi) is 4.01. The molecule has 0 fully saturated rings. The molecule has 0 bridgehead atoms. The number of aryl methyl sites for hydroxylation is 2. The van der Waals surface area contributed by atoms with Crippen LogP contribution in [0.25, 0.3) is 6.08 Å². The van der Waals surface area contributed by atoms with Crippen molar-refractivity contribution in [1.29, 1.82) is 0 Å². The second-order valence-electron chi connectivity index (χ2n) is 6.32. The molecule has 0 N–H and O–H groups in total. The highest BCUT2D eigenvalue weighted by molar-refractivity contribution is 6.33. The van der Waals surface area contributed by atoms with Gasteiger partial charge in [-0.15, -0.1) is 0 Å². The molecular weight excluding hydrogens is 324 g/mol. The lowest BCUT2D eigenvalue weighted by Gasteiger charge is -2.18. The number of carbonyl (C=O) groups excluding carboxylic acids is 1. The average molecular weight is 342 g/mol. The Balaban J connectivity index is 1.82. The van der Waals surface area contributed by atoms with E-state index < -0.39 is 0 Å². The number of amidine groups is 1. The van der Waals surface area contributed by atoms with Crippen LogP contribution in [0.4, 0.5) is 5.69 Å². The predicted octanol–water partition coefficient (Wildman–Crippen LogP) is 4.73. The molecule has 3 aromatic rings. The van der Waals surface area contributed by atoms with Crippen LogP contribution < -0.4 is 4.90 Å². The van der Waals surface area contributed by atoms with Gasteiger partial charge in [0.05, 0.1) is 12.0 Å². The number of aliphatic imine (C=N–C) groups is 1. The Morgan fingerprint density at radius 3 is 2.19 bits per heavy atom. The van der Waals surface area contributed by atoms with E-state index in [0.29, 0.717) is 17.3 Å². The zero-order chi connectivity index (χ0) is 18.1. The van der Waals surface area contributed by atoms with E-state index in [2.05, 4.69) is 4.99 Å². The van der Waals surface area contributed by atoms with Crippen molar-refractivity contribution in [3.05, 3.63) is 95.1 Å². The molecule has 1 aliphatic rings. The number of rotatable bonds is 3. The van der Waals surface area contributed by atoms with Gasteiger partial charge in [-0.2, -0.15) is 0 Å². The summed E-state index contributed by atoms with van der Waals surface area (Å²) in [7, 11) is 0. The molecule has 2 aromatic carbocycles. The number of carbonyl (C=O) groups is 1. The highest BCUT2D eigenvalue weighted by Crippen LogP contribution is 2.28. The molecule has 26 heavy (non-hydrogen) atoms. The predicted molar refractivity (Wildman–Crippen MR) is 103 cm³/mol. The molecule has 0 spiro atoms. The normalized spacial score (nSPS) is 15.6. The first-order valence-electron chi connectivity index (χ1n) is 8.44. The van der Waals surface area contributed by atoms with Gasteiger partial charge < -0.3 is 4.42 Å². The molecule has 128 valence electrons. The Morgan fingerprint density at radius 1 is 0.923 bits per heavy atom. The van der Waals surface area contributed by atoms with Crippen molar-refractivity contribution in [3.63, 3.8) is 0 Å². The number of anilines is 1. The minimum atomic E-state index is -0.166. The number of amides is 1. The van der Waals surface area contributed by atoms with Crippen molar-refractivity contribution in [3.8, 4) is 0 Å². The van der Waals surface area contributed by atoms with Crippen LogP contribution in [0.2, 0.25) is 0 Å². The first-order chi connectivity index (χ1) is 12.6. The monoisotopic (exact) mass is 342 g/mol. The zero-order valence-corrected chi connectivity index (χ0v) is 14.6. The van der Waals surface area contributed by atoms with Gasteiger partial charge in [0, 0.05) is 11.6 Å². The second-order valence-corrected chi connectivity index (χ2v) is 6.32. The second kappa shape index (κ2) is 6.48. The first-order valence-corrected chi connectivity index (χ1v) is 8.44. The summed E-state index contributed by atoms with van der Waals surface area (Å²) in [6.45, 7) is 4.05. The molecule has 4 rings (SSSR count). The van der Waals surface area contributed by atoms with Crippen LogP contribution in [-0.2, 0) is 4.79 Å². The van der Waals surface area contributed by atoms with Crippen LogP contribution in [0.5, 0.6) is 0 Å². The van der Waals surface area contributed by atoms with E-state index in [1.165, 1.54) is 0 Å². The van der Waals surface area contributed by atoms with E-state index in [1.807, 2.05) is 62.4 Å². The Morgan fingerprint density at radius 2 is 1.58 bits per heavy atom. The van der Waals surface area contributed by atoms with Gasteiger partial charge in [0.2, 0.25) is 0 Å². The van der Waals surface area contributed by atoms with Crippen LogP contribution in [0, 0.1) is 13.8 Å². The van der Waals surface area contributed by atoms with Gasteiger partial charge in [-0.25, -0.2) is 4.99 Å². The van der Waals surface area contributed by atoms with Crippen LogP contribution >= 0.6 is 0 Å². The summed E-state index contributed by atoms with van der Waals surface area (Å²) in [6, 6.07) is 19.4. The molecule has 0 radical (unpaired) electrons. The molecule has 4 heteroatoms. The summed E-state index contributed by atoms with van der Waals surface area (Å²) < 4.78 is 5.34. The van der Waals surface area contributed by atoms with E-state index in [9.17, 15) is 4.79 Å². The Bertz CT molecular complexity index is 995. The molecule has 0 atom stereocenters. The zero-order valence-electron chi connectivity index (χ0n) is 14.6. The van der Waals surface area contributed by atoms with Crippen molar-refractivity contribution in [2.24, 2.45) is 4.99 Å². The fraction of sp³-hybridized carbons (Fsp3) is 0.0909. The molecule has 1 aliphatic heterocycles. The van der Waals surface area contributed by atoms with Crippen molar-refractivity contribution >= 4 is 23.5 Å². The van der Waals surface area contributed by atoms with Gasteiger partial charge in [0.25, 0.3) is 5.91 Å². The largest absolute Gasteiger partial charge is 0.465 e. The van der Waals surface area contributed by atoms with Gasteiger partial charge in [0.1, 0.15) is 17.3 Å². The number of nitrogens with zero attached hydrogens (tertiary/aromatic N) is 2. The number of hydrogen-bond donors (Lipinski definition) is 0. The average Bonchev–Trinajstić information content (AvgIpc) is 3.26. The lowest BCUT2D eigenvalue weighted by atomic mass is 10.1. The quantitative estimate of drug-likeness (QED) is 0.646. The highest BCUT2D eigenvalue weighted by atomic mass is 16.3. The van der Waals surface area contributed by atoms with E-state index in [-0.39, 0.29) is 5.91 Å². The van der Waals surface area contributed by atoms with E-state index in [4.69, 9.17) is 4.42 Å². The van der Waals surface area contributed by atoms with Crippen molar-refractivity contribution in [2.45, 2.75) is 13.8 Å². The molecular formula is C22H18N2O2. The van der Waals surface area contributed by atoms with Gasteiger partial charge in [0.15, 0.2) is 0 Å². The molecule has 0 saturated carbocycles. The van der Waals surface area contributed by atoms with Gasteiger partial charge >= 0.3 is 0 Å². The smallest absolute Gasteiger partial charge is 0.282 e. The van der Waals surface area contributed by atoms with Gasteiger partial charge in [-0.1, -0.05) is 47.5 Å². The van der Waals surface area contributed by atoms with Crippen molar-refractivity contribution in [2.75, 3.05) is 4.90 Å². The minimum absolute atomic E-state index is 0.166. The Labute approximate surface area is 152 Å². The molecule has 1 amide bonds. The van der Waals surface area contributed by atoms with Crippen LogP contribution in [0.15, 0.2) is 82.0 Å². The molecule has 0 unspecified atom stereocenters. The maximum Gasteiger partial charge on any atom is 0.282 e. The third-order valence-corrected chi connectivity index (χ3v) is 4.28. The van der Waals surface area contributed by atoms with E-state index in [0.717, 1.165) is 22.4 Å². The third-order valence-electron chi connectivity index (χ3n) is 4.28. The first kappa shape index (κ1) is 16.1. The van der Waals surface area contributed by atoms with Crippen LogP contribution in [0.1, 0.15) is 22.5 Å². The summed E-state index contributed by atoms with van der Waals surface area (Å²) >= 11 is 0. The Hall–Kier alpha value is -3.40. The van der Waals surface area contributed by atoms with Gasteiger partial charge in [-0.05, 0) is 38.1 Å². The maximum atomic E-state index is 13.1. The van der Waals surface area contributed by atoms with Crippen LogP contribution in [-0.4, -0.2) is 11.7 Å². The fourth-order valence-electron chi connectivity index (χ4n) is 2.85. The van der Waals surface area contributed by atoms with Crippen molar-refractivity contribution in [1.82, 2.24) is 0 Å². The molecule has 0 saturated heterocycles. The SMILES string of the molecule is Cc1ccc(C2=N/C(=C/c3ccco3)C(=O)N2c2ccc(C)cc2)cc1. The number of benzene rings is 2. The standard InChI is InChI=1S/C22H18N2O2/c1-15-5-9-17(10-6-15)21-23-20(14-19-4-3-13-26-19)22(25)24(21)18-11-7-16(2)8-12-18/h3-14H,1-2H3/b20-14+.